The Hall–Kier alpha value is -0.450. The molecule has 0 radical (unpaired) electrons. The first-order valence-electron chi connectivity index (χ1n) is 5.77. The Morgan fingerprint density at radius 2 is 2.24 bits per heavy atom. The van der Waals surface area contributed by atoms with E-state index in [9.17, 15) is 4.39 Å². The van der Waals surface area contributed by atoms with E-state index in [4.69, 9.17) is 4.74 Å². The predicted octanol–water partition coefficient (Wildman–Crippen LogP) is 3.00. The lowest BCUT2D eigenvalue weighted by atomic mass is 10.0. The molecular weight excluding hydrogens is 285 g/mol. The lowest BCUT2D eigenvalue weighted by Gasteiger charge is -2.13. The summed E-state index contributed by atoms with van der Waals surface area (Å²) in [5.74, 6) is 0.306. The van der Waals surface area contributed by atoms with Crippen LogP contribution in [0.1, 0.15) is 12.5 Å². The van der Waals surface area contributed by atoms with Gasteiger partial charge >= 0.3 is 0 Å². The van der Waals surface area contributed by atoms with Gasteiger partial charge in [-0.25, -0.2) is 4.39 Å². The zero-order valence-electron chi connectivity index (χ0n) is 10.3. The van der Waals surface area contributed by atoms with Gasteiger partial charge in [0.1, 0.15) is 5.82 Å². The van der Waals surface area contributed by atoms with Crippen LogP contribution >= 0.6 is 15.9 Å². The quantitative estimate of drug-likeness (QED) is 0.782. The van der Waals surface area contributed by atoms with E-state index in [0.29, 0.717) is 5.92 Å². The normalized spacial score (nSPS) is 12.7. The SMILES string of the molecule is COCCNCC(C)Cc1ccc(F)cc1Br. The molecule has 0 aliphatic heterocycles. The van der Waals surface area contributed by atoms with Crippen molar-refractivity contribution in [2.75, 3.05) is 26.8 Å². The minimum atomic E-state index is -0.202. The maximum Gasteiger partial charge on any atom is 0.124 e. The van der Waals surface area contributed by atoms with Crippen LogP contribution in [0.15, 0.2) is 22.7 Å². The summed E-state index contributed by atoms with van der Waals surface area (Å²) >= 11 is 3.39. The maximum atomic E-state index is 12.9. The van der Waals surface area contributed by atoms with Crippen LogP contribution in [0.4, 0.5) is 4.39 Å². The molecule has 0 saturated carbocycles. The molecular formula is C13H19BrFNO. The molecule has 96 valence electrons. The second-order valence-corrected chi connectivity index (χ2v) is 5.10. The van der Waals surface area contributed by atoms with E-state index in [1.807, 2.05) is 6.07 Å². The van der Waals surface area contributed by atoms with Gasteiger partial charge in [0.15, 0.2) is 0 Å². The van der Waals surface area contributed by atoms with Crippen LogP contribution in [0.2, 0.25) is 0 Å². The lowest BCUT2D eigenvalue weighted by Crippen LogP contribution is -2.25. The van der Waals surface area contributed by atoms with Crippen molar-refractivity contribution in [1.29, 1.82) is 0 Å². The van der Waals surface area contributed by atoms with Crippen molar-refractivity contribution >= 4 is 15.9 Å². The highest BCUT2D eigenvalue weighted by Gasteiger charge is 2.07. The monoisotopic (exact) mass is 303 g/mol. The molecule has 4 heteroatoms. The average molecular weight is 304 g/mol. The second-order valence-electron chi connectivity index (χ2n) is 4.24. The number of nitrogens with one attached hydrogen (secondary N) is 1. The van der Waals surface area contributed by atoms with Gasteiger partial charge in [0, 0.05) is 18.1 Å². The minimum absolute atomic E-state index is 0.202. The third-order valence-corrected chi connectivity index (χ3v) is 3.30. The molecule has 0 heterocycles. The number of rotatable bonds is 7. The lowest BCUT2D eigenvalue weighted by molar-refractivity contribution is 0.198. The molecule has 1 rings (SSSR count). The molecule has 1 N–H and O–H groups in total. The van der Waals surface area contributed by atoms with E-state index in [2.05, 4.69) is 28.2 Å². The molecule has 2 nitrogen and oxygen atoms in total. The molecule has 0 spiro atoms. The Kier molecular flexibility index (Phi) is 6.70. The molecule has 0 fully saturated rings. The van der Waals surface area contributed by atoms with Gasteiger partial charge in [-0.1, -0.05) is 28.9 Å². The summed E-state index contributed by atoms with van der Waals surface area (Å²) in [5, 5.41) is 3.32. The van der Waals surface area contributed by atoms with Crippen molar-refractivity contribution in [3.63, 3.8) is 0 Å². The number of hydrogen-bond donors (Lipinski definition) is 1. The van der Waals surface area contributed by atoms with Crippen molar-refractivity contribution in [1.82, 2.24) is 5.32 Å². The van der Waals surface area contributed by atoms with Crippen molar-refractivity contribution in [2.24, 2.45) is 5.92 Å². The molecule has 0 aliphatic rings. The highest BCUT2D eigenvalue weighted by atomic mass is 79.9. The van der Waals surface area contributed by atoms with Gasteiger partial charge in [0.2, 0.25) is 0 Å². The number of methoxy groups -OCH3 is 1. The van der Waals surface area contributed by atoms with Crippen LogP contribution in [0.25, 0.3) is 0 Å². The van der Waals surface area contributed by atoms with Crippen molar-refractivity contribution < 1.29 is 9.13 Å². The predicted molar refractivity (Wildman–Crippen MR) is 71.7 cm³/mol. The Balaban J connectivity index is 2.37. The third-order valence-electron chi connectivity index (χ3n) is 2.56. The number of benzene rings is 1. The summed E-state index contributed by atoms with van der Waals surface area (Å²) in [6.07, 6.45) is 0.931. The van der Waals surface area contributed by atoms with Crippen LogP contribution in [0.3, 0.4) is 0 Å². The van der Waals surface area contributed by atoms with Gasteiger partial charge in [-0.15, -0.1) is 0 Å². The van der Waals surface area contributed by atoms with Crippen LogP contribution < -0.4 is 5.32 Å². The van der Waals surface area contributed by atoms with E-state index < -0.39 is 0 Å². The summed E-state index contributed by atoms with van der Waals surface area (Å²) in [4.78, 5) is 0. The Bertz CT molecular complexity index is 346. The second kappa shape index (κ2) is 7.80. The summed E-state index contributed by atoms with van der Waals surface area (Å²) < 4.78 is 18.7. The summed E-state index contributed by atoms with van der Waals surface area (Å²) in [6.45, 7) is 4.71. The molecule has 1 aromatic carbocycles. The zero-order chi connectivity index (χ0) is 12.7. The van der Waals surface area contributed by atoms with Crippen molar-refractivity contribution in [3.8, 4) is 0 Å². The molecule has 0 saturated heterocycles. The van der Waals surface area contributed by atoms with Crippen LogP contribution in [0, 0.1) is 11.7 Å². The number of hydrogen-bond acceptors (Lipinski definition) is 2. The van der Waals surface area contributed by atoms with Gasteiger partial charge < -0.3 is 10.1 Å². The molecule has 1 aromatic rings. The van der Waals surface area contributed by atoms with Crippen LogP contribution in [-0.4, -0.2) is 26.8 Å². The van der Waals surface area contributed by atoms with Crippen LogP contribution in [0.5, 0.6) is 0 Å². The minimum Gasteiger partial charge on any atom is -0.383 e. The molecule has 0 aromatic heterocycles. The Morgan fingerprint density at radius 3 is 2.88 bits per heavy atom. The molecule has 1 atom stereocenters. The molecule has 17 heavy (non-hydrogen) atoms. The molecule has 0 amide bonds. The number of ether oxygens (including phenoxy) is 1. The summed E-state index contributed by atoms with van der Waals surface area (Å²) in [5.41, 5.74) is 1.15. The Morgan fingerprint density at radius 1 is 1.47 bits per heavy atom. The van der Waals surface area contributed by atoms with E-state index >= 15 is 0 Å². The van der Waals surface area contributed by atoms with Crippen molar-refractivity contribution in [3.05, 3.63) is 34.1 Å². The topological polar surface area (TPSA) is 21.3 Å². The standard InChI is InChI=1S/C13H19BrFNO/c1-10(9-16-5-6-17-2)7-11-3-4-12(15)8-13(11)14/h3-4,8,10,16H,5-7,9H2,1-2H3. The van der Waals surface area contributed by atoms with Gasteiger partial charge in [-0.2, -0.15) is 0 Å². The maximum absolute atomic E-state index is 12.9. The molecule has 1 unspecified atom stereocenters. The van der Waals surface area contributed by atoms with E-state index in [0.717, 1.165) is 36.2 Å². The van der Waals surface area contributed by atoms with E-state index in [-0.39, 0.29) is 5.82 Å². The fourth-order valence-corrected chi connectivity index (χ4v) is 2.17. The largest absolute Gasteiger partial charge is 0.383 e. The summed E-state index contributed by atoms with van der Waals surface area (Å²) in [7, 11) is 1.70. The first kappa shape index (κ1) is 14.6. The van der Waals surface area contributed by atoms with Gasteiger partial charge in [-0.05, 0) is 36.6 Å². The van der Waals surface area contributed by atoms with Crippen molar-refractivity contribution in [2.45, 2.75) is 13.3 Å². The van der Waals surface area contributed by atoms with Gasteiger partial charge in [0.05, 0.1) is 6.61 Å². The van der Waals surface area contributed by atoms with Crippen LogP contribution in [-0.2, 0) is 11.2 Å². The molecule has 0 bridgehead atoms. The van der Waals surface area contributed by atoms with E-state index in [1.165, 1.54) is 12.1 Å². The smallest absolute Gasteiger partial charge is 0.124 e. The average Bonchev–Trinajstić information content (AvgIpc) is 2.28. The first-order chi connectivity index (χ1) is 8.13. The third kappa shape index (κ3) is 5.61. The van der Waals surface area contributed by atoms with E-state index in [1.54, 1.807) is 7.11 Å². The Labute approximate surface area is 111 Å². The summed E-state index contributed by atoms with van der Waals surface area (Å²) in [6, 6.07) is 4.86. The molecule has 0 aliphatic carbocycles. The highest BCUT2D eigenvalue weighted by molar-refractivity contribution is 9.10. The fraction of sp³-hybridized carbons (Fsp3) is 0.538. The first-order valence-corrected chi connectivity index (χ1v) is 6.56. The van der Waals surface area contributed by atoms with Gasteiger partial charge in [0.25, 0.3) is 0 Å². The zero-order valence-corrected chi connectivity index (χ0v) is 11.9. The van der Waals surface area contributed by atoms with Gasteiger partial charge in [-0.3, -0.25) is 0 Å². The fourth-order valence-electron chi connectivity index (χ4n) is 1.66. The number of halogens is 2. The highest BCUT2D eigenvalue weighted by Crippen LogP contribution is 2.20.